The Balaban J connectivity index is 1.39. The van der Waals surface area contributed by atoms with Gasteiger partial charge in [-0.15, -0.1) is 11.3 Å². The molecule has 7 heteroatoms. The first-order chi connectivity index (χ1) is 13.6. The van der Waals surface area contributed by atoms with Crippen LogP contribution in [-0.2, 0) is 4.79 Å². The largest absolute Gasteiger partial charge is 0.481 e. The lowest BCUT2D eigenvalue weighted by atomic mass is 10.1. The van der Waals surface area contributed by atoms with Gasteiger partial charge in [-0.25, -0.2) is 4.98 Å². The zero-order valence-electron chi connectivity index (χ0n) is 15.0. The summed E-state index contributed by atoms with van der Waals surface area (Å²) in [6.45, 7) is 1.68. The zero-order valence-corrected chi connectivity index (χ0v) is 15.8. The molecule has 0 saturated heterocycles. The Labute approximate surface area is 165 Å². The van der Waals surface area contributed by atoms with Crippen LogP contribution in [0.5, 0.6) is 5.75 Å². The van der Waals surface area contributed by atoms with Crippen molar-refractivity contribution < 1.29 is 9.53 Å². The minimum Gasteiger partial charge on any atom is -0.481 e. The van der Waals surface area contributed by atoms with E-state index in [1.807, 2.05) is 52.5 Å². The molecule has 0 radical (unpaired) electrons. The van der Waals surface area contributed by atoms with Crippen LogP contribution in [0, 0.1) is 11.3 Å². The maximum atomic E-state index is 12.4. The number of amides is 1. The maximum Gasteiger partial charge on any atom is 0.265 e. The van der Waals surface area contributed by atoms with Crippen molar-refractivity contribution in [3.05, 3.63) is 71.9 Å². The molecule has 0 bridgehead atoms. The molecule has 0 aliphatic heterocycles. The number of benzene rings is 2. The summed E-state index contributed by atoms with van der Waals surface area (Å²) in [7, 11) is 0. The van der Waals surface area contributed by atoms with Crippen LogP contribution in [0.1, 0.15) is 12.5 Å². The fraction of sp³-hybridized carbons (Fsp3) is 0.0952. The Morgan fingerprint density at radius 3 is 2.64 bits per heavy atom. The van der Waals surface area contributed by atoms with Gasteiger partial charge in [0.2, 0.25) is 0 Å². The minimum absolute atomic E-state index is 0.250. The van der Waals surface area contributed by atoms with Crippen LogP contribution in [0.15, 0.2) is 66.3 Å². The zero-order chi connectivity index (χ0) is 19.5. The van der Waals surface area contributed by atoms with E-state index in [9.17, 15) is 4.79 Å². The molecular formula is C21H16N4O2S. The Hall–Kier alpha value is -3.63. The molecule has 1 unspecified atom stereocenters. The summed E-state index contributed by atoms with van der Waals surface area (Å²) in [4.78, 5) is 17.9. The van der Waals surface area contributed by atoms with Crippen molar-refractivity contribution in [1.29, 1.82) is 5.26 Å². The predicted octanol–water partition coefficient (Wildman–Crippen LogP) is 4.34. The molecule has 6 nitrogen and oxygen atoms in total. The van der Waals surface area contributed by atoms with E-state index in [4.69, 9.17) is 10.00 Å². The Morgan fingerprint density at radius 1 is 1.21 bits per heavy atom. The van der Waals surface area contributed by atoms with E-state index in [-0.39, 0.29) is 5.91 Å². The summed E-state index contributed by atoms with van der Waals surface area (Å²) in [5.41, 5.74) is 3.10. The monoisotopic (exact) mass is 388 g/mol. The summed E-state index contributed by atoms with van der Waals surface area (Å²) in [5, 5.41) is 13.7. The smallest absolute Gasteiger partial charge is 0.265 e. The number of nitrogens with zero attached hydrogens (tertiary/aromatic N) is 3. The first kappa shape index (κ1) is 17.8. The Bertz CT molecular complexity index is 1130. The van der Waals surface area contributed by atoms with Gasteiger partial charge in [0, 0.05) is 29.0 Å². The average molecular weight is 388 g/mol. The van der Waals surface area contributed by atoms with Gasteiger partial charge < -0.3 is 10.1 Å². The van der Waals surface area contributed by atoms with Crippen LogP contribution in [0.2, 0.25) is 0 Å². The van der Waals surface area contributed by atoms with Gasteiger partial charge >= 0.3 is 0 Å². The number of ether oxygens (including phenoxy) is 1. The summed E-state index contributed by atoms with van der Waals surface area (Å²) in [6, 6.07) is 16.2. The van der Waals surface area contributed by atoms with E-state index in [1.54, 1.807) is 42.5 Å². The van der Waals surface area contributed by atoms with Gasteiger partial charge in [0.25, 0.3) is 5.91 Å². The first-order valence-electron chi connectivity index (χ1n) is 8.63. The molecule has 0 spiro atoms. The third-order valence-electron chi connectivity index (χ3n) is 4.21. The van der Waals surface area contributed by atoms with Crippen molar-refractivity contribution in [3.63, 3.8) is 0 Å². The van der Waals surface area contributed by atoms with Crippen molar-refractivity contribution >= 4 is 27.9 Å². The summed E-state index contributed by atoms with van der Waals surface area (Å²) >= 11 is 1.59. The molecule has 0 aliphatic carbocycles. The molecule has 0 saturated carbocycles. The van der Waals surface area contributed by atoms with Crippen molar-refractivity contribution in [2.75, 3.05) is 5.32 Å². The van der Waals surface area contributed by atoms with Crippen molar-refractivity contribution in [2.45, 2.75) is 13.0 Å². The highest BCUT2D eigenvalue weighted by Crippen LogP contribution is 2.23. The molecule has 2 aromatic heterocycles. The van der Waals surface area contributed by atoms with Gasteiger partial charge in [0.15, 0.2) is 11.1 Å². The second-order valence-electron chi connectivity index (χ2n) is 6.18. The highest BCUT2D eigenvalue weighted by atomic mass is 32.1. The number of hydrogen-bond acceptors (Lipinski definition) is 5. The second kappa shape index (κ2) is 7.55. The van der Waals surface area contributed by atoms with Crippen molar-refractivity contribution in [2.24, 2.45) is 0 Å². The van der Waals surface area contributed by atoms with Crippen LogP contribution in [-0.4, -0.2) is 21.4 Å². The molecule has 4 aromatic rings. The van der Waals surface area contributed by atoms with Crippen LogP contribution in [0.25, 0.3) is 16.2 Å². The fourth-order valence-electron chi connectivity index (χ4n) is 2.70. The van der Waals surface area contributed by atoms with Gasteiger partial charge in [-0.2, -0.15) is 5.26 Å². The van der Waals surface area contributed by atoms with Crippen LogP contribution in [0.3, 0.4) is 0 Å². The number of hydrogen-bond donors (Lipinski definition) is 1. The van der Waals surface area contributed by atoms with Crippen LogP contribution >= 0.6 is 11.3 Å². The molecule has 4 rings (SSSR count). The molecule has 2 heterocycles. The molecule has 28 heavy (non-hydrogen) atoms. The number of fused-ring (bicyclic) bond motifs is 1. The number of carbonyl (C=O) groups is 1. The van der Waals surface area contributed by atoms with E-state index < -0.39 is 6.10 Å². The van der Waals surface area contributed by atoms with E-state index in [0.717, 1.165) is 16.2 Å². The van der Waals surface area contributed by atoms with Crippen molar-refractivity contribution in [3.8, 4) is 23.1 Å². The number of aromatic nitrogens is 2. The lowest BCUT2D eigenvalue weighted by molar-refractivity contribution is -0.122. The third-order valence-corrected chi connectivity index (χ3v) is 4.98. The maximum absolute atomic E-state index is 12.4. The van der Waals surface area contributed by atoms with Crippen molar-refractivity contribution in [1.82, 2.24) is 9.38 Å². The molecule has 0 aliphatic rings. The normalized spacial score (nSPS) is 11.7. The highest BCUT2D eigenvalue weighted by molar-refractivity contribution is 7.15. The van der Waals surface area contributed by atoms with Gasteiger partial charge in [0.1, 0.15) is 5.75 Å². The number of imidazole rings is 1. The fourth-order valence-corrected chi connectivity index (χ4v) is 3.40. The van der Waals surface area contributed by atoms with E-state index in [0.29, 0.717) is 17.0 Å². The van der Waals surface area contributed by atoms with Gasteiger partial charge in [0.05, 0.1) is 17.3 Å². The van der Waals surface area contributed by atoms with Crippen LogP contribution < -0.4 is 10.1 Å². The number of anilines is 1. The van der Waals surface area contributed by atoms with Crippen LogP contribution in [0.4, 0.5) is 5.69 Å². The lowest BCUT2D eigenvalue weighted by Gasteiger charge is -2.15. The van der Waals surface area contributed by atoms with E-state index >= 15 is 0 Å². The number of thiazole rings is 1. The number of rotatable bonds is 5. The molecule has 1 atom stereocenters. The van der Waals surface area contributed by atoms with Gasteiger partial charge in [-0.05, 0) is 43.3 Å². The van der Waals surface area contributed by atoms with Gasteiger partial charge in [-0.1, -0.05) is 12.1 Å². The molecule has 1 amide bonds. The van der Waals surface area contributed by atoms with E-state index in [1.165, 1.54) is 0 Å². The summed E-state index contributed by atoms with van der Waals surface area (Å²) < 4.78 is 7.62. The topological polar surface area (TPSA) is 79.4 Å². The standard InChI is InChI=1S/C21H16N4O2S/c1-14(27-18-8-2-15(12-22)3-9-18)20(26)23-17-6-4-16(5-7-17)19-13-25-10-11-28-21(25)24-19/h2-11,13-14H,1H3,(H,23,26). The molecule has 2 aromatic carbocycles. The lowest BCUT2D eigenvalue weighted by Crippen LogP contribution is -2.30. The first-order valence-corrected chi connectivity index (χ1v) is 9.51. The number of nitriles is 1. The van der Waals surface area contributed by atoms with Gasteiger partial charge in [-0.3, -0.25) is 9.20 Å². The Kier molecular flexibility index (Phi) is 4.79. The summed E-state index contributed by atoms with van der Waals surface area (Å²) in [5.74, 6) is 0.288. The average Bonchev–Trinajstić information content (AvgIpc) is 3.31. The Morgan fingerprint density at radius 2 is 1.96 bits per heavy atom. The summed E-state index contributed by atoms with van der Waals surface area (Å²) in [6.07, 6.45) is 3.28. The minimum atomic E-state index is -0.674. The quantitative estimate of drug-likeness (QED) is 0.551. The number of carbonyl (C=O) groups excluding carboxylic acids is 1. The molecule has 0 fully saturated rings. The SMILES string of the molecule is CC(Oc1ccc(C#N)cc1)C(=O)Nc1ccc(-c2cn3ccsc3n2)cc1. The molecule has 1 N–H and O–H groups in total. The molecular weight excluding hydrogens is 372 g/mol. The second-order valence-corrected chi connectivity index (χ2v) is 7.05. The highest BCUT2D eigenvalue weighted by Gasteiger charge is 2.15. The molecule has 138 valence electrons. The number of nitrogens with one attached hydrogen (secondary N) is 1. The predicted molar refractivity (Wildman–Crippen MR) is 108 cm³/mol. The third kappa shape index (κ3) is 3.72. The van der Waals surface area contributed by atoms with E-state index in [2.05, 4.69) is 10.3 Å².